The molecular weight excluding hydrogens is 973 g/mol. The van der Waals surface area contributed by atoms with E-state index >= 15 is 0 Å². The molecule has 0 aromatic carbocycles. The van der Waals surface area contributed by atoms with Gasteiger partial charge >= 0.3 is 23.9 Å². The van der Waals surface area contributed by atoms with Gasteiger partial charge in [0.15, 0.2) is 24.6 Å². The van der Waals surface area contributed by atoms with Crippen molar-refractivity contribution in [2.24, 2.45) is 0 Å². The Kier molecular flexibility index (Phi) is 49.7. The second-order valence-electron chi connectivity index (χ2n) is 21.7. The van der Waals surface area contributed by atoms with Crippen LogP contribution in [0.1, 0.15) is 290 Å². The molecule has 0 spiro atoms. The Morgan fingerprint density at radius 3 is 1.19 bits per heavy atom. The SMILES string of the molecule is CCCCC/C=C\C/C=C\CCCCCCCCCCCC(=O)OCC(COC1OC(C(=O)O)C(O)C(O)C1OC(=O)CCCCCCCCCCCCCCC)OC(=O)CCCCCCC/C=C\C/C=C\CCCCC. The molecule has 0 radical (unpaired) electrons. The first-order valence-corrected chi connectivity index (χ1v) is 31.6. The summed E-state index contributed by atoms with van der Waals surface area (Å²) in [6.07, 6.45) is 52.1. The van der Waals surface area contributed by atoms with Gasteiger partial charge in [0, 0.05) is 19.3 Å². The van der Waals surface area contributed by atoms with Gasteiger partial charge in [0.05, 0.1) is 6.61 Å². The minimum absolute atomic E-state index is 0.0623. The number of unbranched alkanes of at least 4 members (excludes halogenated alkanes) is 32. The molecule has 0 aromatic heterocycles. The van der Waals surface area contributed by atoms with Crippen LogP contribution >= 0.6 is 0 Å². The van der Waals surface area contributed by atoms with E-state index in [1.165, 1.54) is 128 Å². The molecule has 0 aliphatic carbocycles. The van der Waals surface area contributed by atoms with E-state index in [9.17, 15) is 34.5 Å². The van der Waals surface area contributed by atoms with Crippen LogP contribution in [0.3, 0.4) is 0 Å². The molecule has 446 valence electrons. The van der Waals surface area contributed by atoms with E-state index in [2.05, 4.69) is 69.4 Å². The molecule has 6 unspecified atom stereocenters. The molecule has 0 saturated carbocycles. The van der Waals surface area contributed by atoms with Crippen molar-refractivity contribution >= 4 is 23.9 Å². The molecule has 1 rings (SSSR count). The molecule has 12 nitrogen and oxygen atoms in total. The average molecular weight is 1090 g/mol. The lowest BCUT2D eigenvalue weighted by Gasteiger charge is -2.40. The van der Waals surface area contributed by atoms with Crippen molar-refractivity contribution < 1.29 is 58.2 Å². The zero-order valence-electron chi connectivity index (χ0n) is 49.2. The van der Waals surface area contributed by atoms with Gasteiger partial charge in [-0.05, 0) is 83.5 Å². The quantitative estimate of drug-likeness (QED) is 0.0228. The summed E-state index contributed by atoms with van der Waals surface area (Å²) < 4.78 is 28.5. The van der Waals surface area contributed by atoms with Crippen LogP contribution in [0.4, 0.5) is 0 Å². The number of aliphatic hydroxyl groups is 2. The molecule has 1 saturated heterocycles. The second kappa shape index (κ2) is 53.3. The zero-order chi connectivity index (χ0) is 56.1. The molecule has 1 heterocycles. The van der Waals surface area contributed by atoms with Gasteiger partial charge in [-0.2, -0.15) is 0 Å². The zero-order valence-corrected chi connectivity index (χ0v) is 49.2. The summed E-state index contributed by atoms with van der Waals surface area (Å²) in [6.45, 7) is 5.95. The molecule has 1 aliphatic heterocycles. The Morgan fingerprint density at radius 1 is 0.429 bits per heavy atom. The number of ether oxygens (including phenoxy) is 5. The fraction of sp³-hybridized carbons (Fsp3) is 0.815. The van der Waals surface area contributed by atoms with Crippen molar-refractivity contribution in [2.45, 2.75) is 327 Å². The van der Waals surface area contributed by atoms with Gasteiger partial charge < -0.3 is 39.0 Å². The third-order valence-corrected chi connectivity index (χ3v) is 14.4. The maximum Gasteiger partial charge on any atom is 0.335 e. The molecule has 0 bridgehead atoms. The lowest BCUT2D eigenvalue weighted by Crippen LogP contribution is -2.61. The number of hydrogen-bond acceptors (Lipinski definition) is 11. The first-order chi connectivity index (χ1) is 37.6. The fourth-order valence-corrected chi connectivity index (χ4v) is 9.49. The number of allylic oxidation sites excluding steroid dienone is 8. The highest BCUT2D eigenvalue weighted by Crippen LogP contribution is 2.27. The predicted molar refractivity (Wildman–Crippen MR) is 312 cm³/mol. The van der Waals surface area contributed by atoms with Crippen molar-refractivity contribution in [1.29, 1.82) is 0 Å². The minimum atomic E-state index is -1.90. The summed E-state index contributed by atoms with van der Waals surface area (Å²) in [6, 6.07) is 0. The van der Waals surface area contributed by atoms with Crippen molar-refractivity contribution in [2.75, 3.05) is 13.2 Å². The van der Waals surface area contributed by atoms with Crippen molar-refractivity contribution in [3.8, 4) is 0 Å². The lowest BCUT2D eigenvalue weighted by atomic mass is 9.98. The number of aliphatic carboxylic acids is 1. The second-order valence-corrected chi connectivity index (χ2v) is 21.7. The summed E-state index contributed by atoms with van der Waals surface area (Å²) in [7, 11) is 0. The Labute approximate surface area is 469 Å². The van der Waals surface area contributed by atoms with E-state index in [0.717, 1.165) is 103 Å². The predicted octanol–water partition coefficient (Wildman–Crippen LogP) is 16.6. The van der Waals surface area contributed by atoms with E-state index in [0.29, 0.717) is 19.3 Å². The van der Waals surface area contributed by atoms with Gasteiger partial charge in [-0.3, -0.25) is 14.4 Å². The van der Waals surface area contributed by atoms with Gasteiger partial charge in [-0.25, -0.2) is 4.79 Å². The third-order valence-electron chi connectivity index (χ3n) is 14.4. The first kappa shape index (κ1) is 71.7. The topological polar surface area (TPSA) is 175 Å². The van der Waals surface area contributed by atoms with Crippen LogP contribution in [-0.4, -0.2) is 89.2 Å². The number of hydrogen-bond donors (Lipinski definition) is 3. The molecule has 1 fully saturated rings. The molecule has 77 heavy (non-hydrogen) atoms. The monoisotopic (exact) mass is 1090 g/mol. The fourth-order valence-electron chi connectivity index (χ4n) is 9.49. The Morgan fingerprint density at radius 2 is 0.779 bits per heavy atom. The van der Waals surface area contributed by atoms with Crippen LogP contribution in [0.25, 0.3) is 0 Å². The summed E-state index contributed by atoms with van der Waals surface area (Å²) in [5.74, 6) is -3.12. The molecule has 0 aromatic rings. The van der Waals surface area contributed by atoms with Crippen LogP contribution in [0, 0.1) is 0 Å². The standard InChI is InChI=1S/C65H114O12/c1-4-7-10-13-16-19-22-25-27-28-29-30-32-34-36-39-42-45-48-51-57(66)73-54-56(75-58(67)52-49-46-43-40-38-35-31-26-23-20-17-14-11-8-5-2)55-74-65-63(61(70)60(69)62(77-65)64(71)72)76-59(68)53-50-47-44-41-37-33-24-21-18-15-12-9-6-3/h16-17,19-20,25-27,31,56,60-63,65,69-70H,4-15,18,21-24,28-30,32-55H2,1-3H3,(H,71,72)/b19-16-,20-17-,27-25-,31-26-. The van der Waals surface area contributed by atoms with Gasteiger partial charge in [0.2, 0.25) is 0 Å². The number of carbonyl (C=O) groups is 4. The van der Waals surface area contributed by atoms with Crippen LogP contribution < -0.4 is 0 Å². The number of carboxylic acids is 1. The van der Waals surface area contributed by atoms with Gasteiger partial charge in [-0.1, -0.05) is 236 Å². The van der Waals surface area contributed by atoms with Gasteiger partial charge in [0.1, 0.15) is 18.8 Å². The van der Waals surface area contributed by atoms with E-state index < -0.39 is 67.3 Å². The largest absolute Gasteiger partial charge is 0.479 e. The van der Waals surface area contributed by atoms with E-state index in [1.54, 1.807) is 0 Å². The molecule has 0 amide bonds. The summed E-state index contributed by atoms with van der Waals surface area (Å²) in [5, 5.41) is 31.5. The molecule has 12 heteroatoms. The minimum Gasteiger partial charge on any atom is -0.479 e. The Hall–Kier alpha value is -3.32. The highest BCUT2D eigenvalue weighted by molar-refractivity contribution is 5.74. The van der Waals surface area contributed by atoms with Crippen molar-refractivity contribution in [3.05, 3.63) is 48.6 Å². The van der Waals surface area contributed by atoms with Crippen LogP contribution in [-0.2, 0) is 42.9 Å². The number of carbonyl (C=O) groups excluding carboxylic acids is 3. The first-order valence-electron chi connectivity index (χ1n) is 31.6. The lowest BCUT2D eigenvalue weighted by molar-refractivity contribution is -0.301. The molecular formula is C65H114O12. The van der Waals surface area contributed by atoms with E-state index in [4.69, 9.17) is 23.7 Å². The maximum absolute atomic E-state index is 13.2. The summed E-state index contributed by atoms with van der Waals surface area (Å²) in [4.78, 5) is 51.2. The number of esters is 3. The van der Waals surface area contributed by atoms with Crippen molar-refractivity contribution in [3.63, 3.8) is 0 Å². The van der Waals surface area contributed by atoms with Crippen LogP contribution in [0.2, 0.25) is 0 Å². The third kappa shape index (κ3) is 43.2. The number of rotatable bonds is 54. The number of aliphatic hydroxyl groups excluding tert-OH is 2. The highest BCUT2D eigenvalue weighted by Gasteiger charge is 2.50. The average Bonchev–Trinajstić information content (AvgIpc) is 3.42. The Bertz CT molecular complexity index is 1520. The highest BCUT2D eigenvalue weighted by atomic mass is 16.7. The van der Waals surface area contributed by atoms with Crippen molar-refractivity contribution in [1.82, 2.24) is 0 Å². The molecule has 6 atom stereocenters. The normalized spacial score (nSPS) is 18.3. The van der Waals surface area contributed by atoms with Crippen LogP contribution in [0.15, 0.2) is 48.6 Å². The summed E-state index contributed by atoms with van der Waals surface area (Å²) >= 11 is 0. The number of carboxylic acid groups (broad SMARTS) is 1. The van der Waals surface area contributed by atoms with E-state index in [-0.39, 0.29) is 25.9 Å². The smallest absolute Gasteiger partial charge is 0.335 e. The molecule has 3 N–H and O–H groups in total. The maximum atomic E-state index is 13.2. The van der Waals surface area contributed by atoms with Gasteiger partial charge in [0.25, 0.3) is 0 Å². The Balaban J connectivity index is 2.66. The molecule has 1 aliphatic rings. The van der Waals surface area contributed by atoms with Crippen LogP contribution in [0.5, 0.6) is 0 Å². The van der Waals surface area contributed by atoms with Gasteiger partial charge in [-0.15, -0.1) is 0 Å². The summed E-state index contributed by atoms with van der Waals surface area (Å²) in [5.41, 5.74) is 0. The van der Waals surface area contributed by atoms with E-state index in [1.807, 2.05) is 0 Å².